The maximum absolute atomic E-state index is 12.5. The SMILES string of the molecule is COc1ccccc1CC(=O)N1CCC(NC(=O)[C@H]2C[C@H]2C)CC1. The maximum Gasteiger partial charge on any atom is 0.227 e. The van der Waals surface area contributed by atoms with Gasteiger partial charge in [-0.25, -0.2) is 0 Å². The molecule has 1 aliphatic carbocycles. The number of hydrogen-bond acceptors (Lipinski definition) is 3. The van der Waals surface area contributed by atoms with Crippen molar-refractivity contribution in [3.8, 4) is 5.75 Å². The van der Waals surface area contributed by atoms with E-state index in [2.05, 4.69) is 12.2 Å². The number of methoxy groups -OCH3 is 1. The summed E-state index contributed by atoms with van der Waals surface area (Å²) < 4.78 is 5.31. The Labute approximate surface area is 143 Å². The molecule has 0 spiro atoms. The molecule has 0 aromatic heterocycles. The zero-order valence-corrected chi connectivity index (χ0v) is 14.5. The number of nitrogens with one attached hydrogen (secondary N) is 1. The van der Waals surface area contributed by atoms with Crippen LogP contribution in [0.3, 0.4) is 0 Å². The molecule has 1 saturated heterocycles. The first-order chi connectivity index (χ1) is 11.6. The van der Waals surface area contributed by atoms with E-state index in [0.29, 0.717) is 25.4 Å². The number of benzene rings is 1. The summed E-state index contributed by atoms with van der Waals surface area (Å²) in [5.74, 6) is 1.83. The lowest BCUT2D eigenvalue weighted by atomic mass is 10.0. The summed E-state index contributed by atoms with van der Waals surface area (Å²) in [6.45, 7) is 3.53. The van der Waals surface area contributed by atoms with Gasteiger partial charge in [-0.05, 0) is 31.2 Å². The number of rotatable bonds is 5. The predicted octanol–water partition coefficient (Wildman–Crippen LogP) is 2.00. The number of hydrogen-bond donors (Lipinski definition) is 1. The van der Waals surface area contributed by atoms with E-state index in [4.69, 9.17) is 4.74 Å². The van der Waals surface area contributed by atoms with Gasteiger partial charge in [-0.2, -0.15) is 0 Å². The van der Waals surface area contributed by atoms with Crippen molar-refractivity contribution in [3.63, 3.8) is 0 Å². The third-order valence-corrected chi connectivity index (χ3v) is 5.17. The van der Waals surface area contributed by atoms with E-state index in [-0.39, 0.29) is 23.8 Å². The number of para-hydroxylation sites is 1. The molecule has 1 saturated carbocycles. The summed E-state index contributed by atoms with van der Waals surface area (Å²) >= 11 is 0. The van der Waals surface area contributed by atoms with Crippen molar-refractivity contribution >= 4 is 11.8 Å². The van der Waals surface area contributed by atoms with Crippen LogP contribution in [0.15, 0.2) is 24.3 Å². The predicted molar refractivity (Wildman–Crippen MR) is 91.7 cm³/mol. The van der Waals surface area contributed by atoms with E-state index in [0.717, 1.165) is 30.6 Å². The average molecular weight is 330 g/mol. The molecule has 24 heavy (non-hydrogen) atoms. The van der Waals surface area contributed by atoms with E-state index in [1.54, 1.807) is 7.11 Å². The van der Waals surface area contributed by atoms with Crippen LogP contribution in [-0.2, 0) is 16.0 Å². The normalized spacial score (nSPS) is 23.7. The van der Waals surface area contributed by atoms with Gasteiger partial charge in [-0.3, -0.25) is 9.59 Å². The molecule has 3 rings (SSSR count). The molecule has 2 amide bonds. The van der Waals surface area contributed by atoms with Gasteiger partial charge in [0.05, 0.1) is 13.5 Å². The third kappa shape index (κ3) is 3.89. The Morgan fingerprint density at radius 3 is 2.54 bits per heavy atom. The van der Waals surface area contributed by atoms with Gasteiger partial charge in [0.1, 0.15) is 5.75 Å². The van der Waals surface area contributed by atoms with E-state index >= 15 is 0 Å². The first-order valence-electron chi connectivity index (χ1n) is 8.78. The third-order valence-electron chi connectivity index (χ3n) is 5.17. The van der Waals surface area contributed by atoms with E-state index < -0.39 is 0 Å². The first kappa shape index (κ1) is 16.8. The Morgan fingerprint density at radius 1 is 1.25 bits per heavy atom. The van der Waals surface area contributed by atoms with Gasteiger partial charge in [0, 0.05) is 30.6 Å². The van der Waals surface area contributed by atoms with Gasteiger partial charge in [-0.15, -0.1) is 0 Å². The number of amides is 2. The molecule has 1 N–H and O–H groups in total. The number of ether oxygens (including phenoxy) is 1. The van der Waals surface area contributed by atoms with E-state index in [9.17, 15) is 9.59 Å². The number of piperidine rings is 1. The molecule has 2 fully saturated rings. The summed E-state index contributed by atoms with van der Waals surface area (Å²) in [6, 6.07) is 7.85. The molecule has 0 radical (unpaired) electrons. The van der Waals surface area contributed by atoms with Crippen LogP contribution in [0.4, 0.5) is 0 Å². The van der Waals surface area contributed by atoms with Crippen molar-refractivity contribution in [3.05, 3.63) is 29.8 Å². The Balaban J connectivity index is 1.47. The highest BCUT2D eigenvalue weighted by Crippen LogP contribution is 2.37. The second-order valence-electron chi connectivity index (χ2n) is 6.97. The second-order valence-corrected chi connectivity index (χ2v) is 6.97. The van der Waals surface area contributed by atoms with Gasteiger partial charge in [0.2, 0.25) is 11.8 Å². The quantitative estimate of drug-likeness (QED) is 0.898. The number of carbonyl (C=O) groups is 2. The summed E-state index contributed by atoms with van der Waals surface area (Å²) in [7, 11) is 1.62. The highest BCUT2D eigenvalue weighted by Gasteiger charge is 2.40. The summed E-state index contributed by atoms with van der Waals surface area (Å²) in [6.07, 6.45) is 3.05. The van der Waals surface area contributed by atoms with Crippen LogP contribution in [0.5, 0.6) is 5.75 Å². The van der Waals surface area contributed by atoms with Crippen molar-refractivity contribution in [1.29, 1.82) is 0 Å². The molecule has 5 heteroatoms. The molecule has 1 heterocycles. The molecule has 1 aromatic rings. The number of carbonyl (C=O) groups excluding carboxylic acids is 2. The topological polar surface area (TPSA) is 58.6 Å². The monoisotopic (exact) mass is 330 g/mol. The lowest BCUT2D eigenvalue weighted by Crippen LogP contribution is -2.47. The fourth-order valence-corrected chi connectivity index (χ4v) is 3.39. The van der Waals surface area contributed by atoms with Crippen molar-refractivity contribution < 1.29 is 14.3 Å². The Bertz CT molecular complexity index is 608. The lowest BCUT2D eigenvalue weighted by Gasteiger charge is -2.32. The fraction of sp³-hybridized carbons (Fsp3) is 0.579. The Morgan fingerprint density at radius 2 is 1.92 bits per heavy atom. The van der Waals surface area contributed by atoms with Gasteiger partial charge in [-0.1, -0.05) is 25.1 Å². The maximum atomic E-state index is 12.5. The first-order valence-corrected chi connectivity index (χ1v) is 8.78. The van der Waals surface area contributed by atoms with Crippen LogP contribution >= 0.6 is 0 Å². The van der Waals surface area contributed by atoms with Crippen molar-refractivity contribution in [2.45, 2.75) is 38.6 Å². The fourth-order valence-electron chi connectivity index (χ4n) is 3.39. The van der Waals surface area contributed by atoms with Gasteiger partial charge < -0.3 is 15.0 Å². The minimum absolute atomic E-state index is 0.125. The number of likely N-dealkylation sites (tertiary alicyclic amines) is 1. The molecule has 2 aliphatic rings. The van der Waals surface area contributed by atoms with Crippen molar-refractivity contribution in [2.24, 2.45) is 11.8 Å². The van der Waals surface area contributed by atoms with Crippen LogP contribution in [0, 0.1) is 11.8 Å². The van der Waals surface area contributed by atoms with Crippen molar-refractivity contribution in [1.82, 2.24) is 10.2 Å². The van der Waals surface area contributed by atoms with Gasteiger partial charge in [0.25, 0.3) is 0 Å². The summed E-state index contributed by atoms with van der Waals surface area (Å²) in [5.41, 5.74) is 0.920. The van der Waals surface area contributed by atoms with Gasteiger partial charge in [0.15, 0.2) is 0 Å². The summed E-state index contributed by atoms with van der Waals surface area (Å²) in [4.78, 5) is 26.4. The molecule has 2 atom stereocenters. The molecular formula is C19H26N2O3. The Kier molecular flexibility index (Phi) is 5.07. The minimum Gasteiger partial charge on any atom is -0.496 e. The summed E-state index contributed by atoms with van der Waals surface area (Å²) in [5, 5.41) is 3.14. The smallest absolute Gasteiger partial charge is 0.227 e. The molecule has 1 aliphatic heterocycles. The minimum atomic E-state index is 0.125. The van der Waals surface area contributed by atoms with Gasteiger partial charge >= 0.3 is 0 Å². The Hall–Kier alpha value is -2.04. The highest BCUT2D eigenvalue weighted by molar-refractivity contribution is 5.82. The van der Waals surface area contributed by atoms with E-state index in [1.165, 1.54) is 0 Å². The van der Waals surface area contributed by atoms with Crippen LogP contribution in [0.2, 0.25) is 0 Å². The molecule has 5 nitrogen and oxygen atoms in total. The molecule has 0 unspecified atom stereocenters. The lowest BCUT2D eigenvalue weighted by molar-refractivity contribution is -0.131. The second kappa shape index (κ2) is 7.24. The molecular weight excluding hydrogens is 304 g/mol. The molecule has 0 bridgehead atoms. The molecule has 1 aromatic carbocycles. The van der Waals surface area contributed by atoms with Crippen LogP contribution in [0.1, 0.15) is 31.7 Å². The standard InChI is InChI=1S/C19H26N2O3/c1-13-11-16(13)19(23)20-15-7-9-21(10-8-15)18(22)12-14-5-3-4-6-17(14)24-2/h3-6,13,15-16H,7-12H2,1-2H3,(H,20,23)/t13-,16+/m1/s1. The van der Waals surface area contributed by atoms with Crippen molar-refractivity contribution in [2.75, 3.05) is 20.2 Å². The van der Waals surface area contributed by atoms with Crippen LogP contribution in [0.25, 0.3) is 0 Å². The number of nitrogens with zero attached hydrogens (tertiary/aromatic N) is 1. The van der Waals surface area contributed by atoms with E-state index in [1.807, 2.05) is 29.2 Å². The molecule has 130 valence electrons. The van der Waals surface area contributed by atoms with Crippen LogP contribution in [-0.4, -0.2) is 43.0 Å². The largest absolute Gasteiger partial charge is 0.496 e. The van der Waals surface area contributed by atoms with Crippen LogP contribution < -0.4 is 10.1 Å². The zero-order chi connectivity index (χ0) is 17.1. The average Bonchev–Trinajstić information content (AvgIpc) is 3.33. The highest BCUT2D eigenvalue weighted by atomic mass is 16.5. The zero-order valence-electron chi connectivity index (χ0n) is 14.5.